The summed E-state index contributed by atoms with van der Waals surface area (Å²) >= 11 is 11.3. The fourth-order valence-electron chi connectivity index (χ4n) is 3.02. The fourth-order valence-corrected chi connectivity index (χ4v) is 3.35. The first-order valence-electron chi connectivity index (χ1n) is 8.61. The zero-order valence-corrected chi connectivity index (χ0v) is 16.8. The predicted molar refractivity (Wildman–Crippen MR) is 107 cm³/mol. The van der Waals surface area contributed by atoms with Crippen molar-refractivity contribution >= 4 is 23.2 Å². The van der Waals surface area contributed by atoms with Crippen molar-refractivity contribution in [3.05, 3.63) is 91.2 Å². The first-order valence-corrected chi connectivity index (χ1v) is 9.36. The molecule has 4 rings (SSSR count). The van der Waals surface area contributed by atoms with Crippen LogP contribution in [0.5, 0.6) is 0 Å². The molecule has 158 valence electrons. The largest absolute Gasteiger partial charge is 0.417 e. The van der Waals surface area contributed by atoms with E-state index in [0.717, 1.165) is 12.1 Å². The minimum atomic E-state index is -4.76. The molecule has 0 fully saturated rings. The third kappa shape index (κ3) is 4.04. The molecule has 1 aromatic heterocycles. The lowest BCUT2D eigenvalue weighted by molar-refractivity contribution is -0.137. The van der Waals surface area contributed by atoms with E-state index in [-0.39, 0.29) is 28.9 Å². The number of pyridine rings is 1. The molecule has 0 saturated heterocycles. The highest BCUT2D eigenvalue weighted by atomic mass is 35.5. The van der Waals surface area contributed by atoms with E-state index in [2.05, 4.69) is 15.0 Å². The number of aromatic nitrogens is 5. The molecule has 0 bridgehead atoms. The molecule has 3 heterocycles. The summed E-state index contributed by atoms with van der Waals surface area (Å²) in [5.74, 6) is 0.0636. The van der Waals surface area contributed by atoms with Gasteiger partial charge in [-0.1, -0.05) is 11.6 Å². The monoisotopic (exact) mass is 467 g/mol. The molecule has 2 aromatic rings. The Morgan fingerprint density at radius 2 is 1.74 bits per heavy atom. The van der Waals surface area contributed by atoms with Gasteiger partial charge in [-0.15, -0.1) is 0 Å². The van der Waals surface area contributed by atoms with Crippen LogP contribution in [0.15, 0.2) is 58.5 Å². The number of hydrogen-bond donors (Lipinski definition) is 0. The van der Waals surface area contributed by atoms with Gasteiger partial charge in [0.1, 0.15) is 0 Å². The normalized spacial score (nSPS) is 11.8. The van der Waals surface area contributed by atoms with E-state index in [1.165, 1.54) is 23.0 Å². The molecule has 0 saturated carbocycles. The molecule has 1 aromatic carbocycles. The minimum absolute atomic E-state index is 0.0421. The summed E-state index contributed by atoms with van der Waals surface area (Å²) in [6.07, 6.45) is -0.204. The van der Waals surface area contributed by atoms with Gasteiger partial charge in [0.05, 0.1) is 28.4 Å². The fraction of sp³-hybridized carbons (Fsp3) is 0.105. The lowest BCUT2D eigenvalue weighted by Crippen LogP contribution is -2.37. The van der Waals surface area contributed by atoms with Gasteiger partial charge in [-0.05, 0) is 41.9 Å². The molecular formula is C19H10Cl2F3N5O2. The van der Waals surface area contributed by atoms with Crippen LogP contribution in [0.25, 0.3) is 17.1 Å². The van der Waals surface area contributed by atoms with Gasteiger partial charge in [-0.25, -0.2) is 19.3 Å². The predicted octanol–water partition coefficient (Wildman–Crippen LogP) is 3.66. The number of alkyl halides is 3. The van der Waals surface area contributed by atoms with Crippen molar-refractivity contribution in [1.29, 1.82) is 0 Å². The van der Waals surface area contributed by atoms with Gasteiger partial charge >= 0.3 is 11.9 Å². The van der Waals surface area contributed by atoms with Crippen molar-refractivity contribution in [2.45, 2.75) is 12.7 Å². The quantitative estimate of drug-likeness (QED) is 0.429. The average molecular weight is 468 g/mol. The number of fused-ring (bicyclic) bond motifs is 1. The Hall–Kier alpha value is -3.24. The van der Waals surface area contributed by atoms with Crippen LogP contribution in [0.2, 0.25) is 10.3 Å². The minimum Gasteiger partial charge on any atom is -0.328 e. The Morgan fingerprint density at radius 3 is 2.42 bits per heavy atom. The lowest BCUT2D eigenvalue weighted by Gasteiger charge is -2.16. The molecule has 31 heavy (non-hydrogen) atoms. The SMILES string of the molecule is O=c1nc2n(Cc3cnc(Cl)nc3)cccc-2c(=O)n1-c1ccc(Cl)c(C(F)(F)F)c1. The Labute approximate surface area is 181 Å². The van der Waals surface area contributed by atoms with Crippen LogP contribution in [0.4, 0.5) is 13.2 Å². The van der Waals surface area contributed by atoms with E-state index in [0.29, 0.717) is 16.2 Å². The molecule has 0 spiro atoms. The Kier molecular flexibility index (Phi) is 5.28. The standard InChI is InChI=1S/C19H10Cl2F3N5O2/c20-14-4-3-11(6-13(14)19(22,23)24)29-16(30)12-2-1-5-28(15(12)27-18(29)31)9-10-7-25-17(21)26-8-10/h1-8H,9H2. The Bertz CT molecular complexity index is 1370. The maximum Gasteiger partial charge on any atom is 0.417 e. The van der Waals surface area contributed by atoms with Gasteiger partial charge in [0.25, 0.3) is 5.56 Å². The van der Waals surface area contributed by atoms with Gasteiger partial charge in [-0.3, -0.25) is 4.79 Å². The van der Waals surface area contributed by atoms with Crippen molar-refractivity contribution < 1.29 is 13.2 Å². The van der Waals surface area contributed by atoms with E-state index >= 15 is 0 Å². The maximum atomic E-state index is 13.2. The molecule has 0 radical (unpaired) electrons. The summed E-state index contributed by atoms with van der Waals surface area (Å²) in [6.45, 7) is 0.184. The second-order valence-electron chi connectivity index (χ2n) is 6.43. The zero-order valence-electron chi connectivity index (χ0n) is 15.3. The molecule has 2 aliphatic heterocycles. The number of benzene rings is 1. The summed E-state index contributed by atoms with van der Waals surface area (Å²) in [5.41, 5.74) is -2.62. The van der Waals surface area contributed by atoms with E-state index in [4.69, 9.17) is 23.2 Å². The number of rotatable bonds is 3. The van der Waals surface area contributed by atoms with Gasteiger partial charge in [-0.2, -0.15) is 18.2 Å². The molecule has 12 heteroatoms. The topological polar surface area (TPSA) is 82.7 Å². The number of halogens is 5. The number of hydrogen-bond acceptors (Lipinski definition) is 5. The highest BCUT2D eigenvalue weighted by molar-refractivity contribution is 6.31. The van der Waals surface area contributed by atoms with E-state index in [1.807, 2.05) is 0 Å². The van der Waals surface area contributed by atoms with Crippen LogP contribution in [-0.2, 0) is 12.7 Å². The van der Waals surface area contributed by atoms with Gasteiger partial charge < -0.3 is 4.57 Å². The first kappa shape index (κ1) is 21.0. The van der Waals surface area contributed by atoms with E-state index in [9.17, 15) is 22.8 Å². The van der Waals surface area contributed by atoms with Gasteiger partial charge in [0.2, 0.25) is 5.28 Å². The van der Waals surface area contributed by atoms with E-state index < -0.39 is 28.0 Å². The Balaban J connectivity index is 1.87. The van der Waals surface area contributed by atoms with Crippen LogP contribution in [-0.4, -0.2) is 24.1 Å². The van der Waals surface area contributed by atoms with Crippen molar-refractivity contribution in [1.82, 2.24) is 24.1 Å². The first-order chi connectivity index (χ1) is 14.6. The molecule has 0 unspecified atom stereocenters. The van der Waals surface area contributed by atoms with Crippen molar-refractivity contribution in [2.24, 2.45) is 0 Å². The van der Waals surface area contributed by atoms with Gasteiger partial charge in [0, 0.05) is 24.2 Å². The van der Waals surface area contributed by atoms with Crippen molar-refractivity contribution in [2.75, 3.05) is 0 Å². The molecule has 2 aliphatic rings. The second kappa shape index (κ2) is 7.78. The summed E-state index contributed by atoms with van der Waals surface area (Å²) < 4.78 is 41.7. The smallest absolute Gasteiger partial charge is 0.328 e. The van der Waals surface area contributed by atoms with E-state index in [1.54, 1.807) is 12.3 Å². The summed E-state index contributed by atoms with van der Waals surface area (Å²) in [5, 5.41) is -0.482. The third-order valence-corrected chi connectivity index (χ3v) is 4.93. The zero-order chi connectivity index (χ0) is 22.3. The summed E-state index contributed by atoms with van der Waals surface area (Å²) in [7, 11) is 0. The third-order valence-electron chi connectivity index (χ3n) is 4.41. The van der Waals surface area contributed by atoms with Crippen molar-refractivity contribution in [3.8, 4) is 17.1 Å². The molecule has 0 atom stereocenters. The lowest BCUT2D eigenvalue weighted by atomic mass is 10.1. The Morgan fingerprint density at radius 1 is 1.03 bits per heavy atom. The van der Waals surface area contributed by atoms with Crippen LogP contribution in [0.1, 0.15) is 11.1 Å². The molecular weight excluding hydrogens is 458 g/mol. The number of nitrogens with zero attached hydrogens (tertiary/aromatic N) is 5. The summed E-state index contributed by atoms with van der Waals surface area (Å²) in [4.78, 5) is 37.3. The maximum absolute atomic E-state index is 13.2. The van der Waals surface area contributed by atoms with Crippen LogP contribution < -0.4 is 11.2 Å². The summed E-state index contributed by atoms with van der Waals surface area (Å²) in [6, 6.07) is 5.74. The van der Waals surface area contributed by atoms with Crippen LogP contribution >= 0.6 is 23.2 Å². The molecule has 0 N–H and O–H groups in total. The molecule has 0 aliphatic carbocycles. The van der Waals surface area contributed by atoms with Gasteiger partial charge in [0.15, 0.2) is 5.82 Å². The molecule has 7 nitrogen and oxygen atoms in total. The second-order valence-corrected chi connectivity index (χ2v) is 7.18. The van der Waals surface area contributed by atoms with Crippen molar-refractivity contribution in [3.63, 3.8) is 0 Å². The molecule has 0 amide bonds. The average Bonchev–Trinajstić information content (AvgIpc) is 2.70. The van der Waals surface area contributed by atoms with Crippen LogP contribution in [0, 0.1) is 0 Å². The highest BCUT2D eigenvalue weighted by Gasteiger charge is 2.34. The highest BCUT2D eigenvalue weighted by Crippen LogP contribution is 2.35. The van der Waals surface area contributed by atoms with Crippen LogP contribution in [0.3, 0.4) is 0 Å².